The number of carbonyl (C=O) groups excluding carboxylic acids is 1. The van der Waals surface area contributed by atoms with Gasteiger partial charge in [-0.15, -0.1) is 0 Å². The van der Waals surface area contributed by atoms with Crippen molar-refractivity contribution in [3.8, 4) is 0 Å². The minimum atomic E-state index is -4.45. The smallest absolute Gasteiger partial charge is 0.378 e. The molecular weight excluding hydrogens is 233 g/mol. The van der Waals surface area contributed by atoms with Crippen molar-refractivity contribution in [2.24, 2.45) is 4.99 Å². The van der Waals surface area contributed by atoms with Gasteiger partial charge in [-0.3, -0.25) is 0 Å². The molecule has 3 nitrogen and oxygen atoms in total. The Balaban J connectivity index is 3.26. The van der Waals surface area contributed by atoms with Crippen molar-refractivity contribution in [3.63, 3.8) is 0 Å². The Morgan fingerprint density at radius 3 is 2.47 bits per heavy atom. The number of anilines is 1. The molecule has 0 N–H and O–H groups in total. The fraction of sp³-hybridized carbons (Fsp3) is 0.364. The van der Waals surface area contributed by atoms with E-state index in [1.165, 1.54) is 18.2 Å². The normalized spacial score (nSPS) is 10.9. The van der Waals surface area contributed by atoms with Gasteiger partial charge in [0.2, 0.25) is 6.08 Å². The van der Waals surface area contributed by atoms with E-state index in [1.807, 2.05) is 0 Å². The highest BCUT2D eigenvalue weighted by molar-refractivity contribution is 5.51. The lowest BCUT2D eigenvalue weighted by Gasteiger charge is -2.17. The Morgan fingerprint density at radius 1 is 1.35 bits per heavy atom. The van der Waals surface area contributed by atoms with Gasteiger partial charge in [-0.25, -0.2) is 9.79 Å². The molecule has 0 aliphatic carbocycles. The minimum absolute atomic E-state index is 0.0351. The van der Waals surface area contributed by atoms with Crippen LogP contribution < -0.4 is 4.90 Å². The van der Waals surface area contributed by atoms with Crippen LogP contribution in [0.1, 0.15) is 11.1 Å². The Hall–Kier alpha value is -1.81. The Kier molecular flexibility index (Phi) is 3.91. The average molecular weight is 244 g/mol. The van der Waals surface area contributed by atoms with E-state index in [0.29, 0.717) is 5.69 Å². The molecular formula is C11H11F3N2O. The third-order valence-electron chi connectivity index (χ3n) is 2.22. The topological polar surface area (TPSA) is 32.7 Å². The fourth-order valence-corrected chi connectivity index (χ4v) is 1.38. The van der Waals surface area contributed by atoms with Gasteiger partial charge >= 0.3 is 6.18 Å². The first kappa shape index (κ1) is 13.3. The quantitative estimate of drug-likeness (QED) is 0.604. The third kappa shape index (κ3) is 3.32. The molecule has 0 aliphatic heterocycles. The van der Waals surface area contributed by atoms with Gasteiger partial charge in [0.05, 0.1) is 12.1 Å². The zero-order valence-corrected chi connectivity index (χ0v) is 9.38. The van der Waals surface area contributed by atoms with E-state index >= 15 is 0 Å². The molecule has 0 aromatic heterocycles. The van der Waals surface area contributed by atoms with E-state index in [2.05, 4.69) is 4.99 Å². The highest BCUT2D eigenvalue weighted by Gasteiger charge is 2.33. The van der Waals surface area contributed by atoms with Crippen LogP contribution in [0.3, 0.4) is 0 Å². The number of aliphatic imine (C=N–C) groups is 1. The number of halogens is 3. The highest BCUT2D eigenvalue weighted by atomic mass is 19.4. The van der Waals surface area contributed by atoms with Crippen LogP contribution in [0.25, 0.3) is 0 Å². The molecule has 17 heavy (non-hydrogen) atoms. The molecule has 0 unspecified atom stereocenters. The molecule has 0 saturated heterocycles. The van der Waals surface area contributed by atoms with Gasteiger partial charge < -0.3 is 4.90 Å². The second-order valence-corrected chi connectivity index (χ2v) is 3.64. The average Bonchev–Trinajstić information content (AvgIpc) is 2.24. The van der Waals surface area contributed by atoms with Gasteiger partial charge in [0.25, 0.3) is 0 Å². The van der Waals surface area contributed by atoms with E-state index in [0.717, 1.165) is 6.07 Å². The standard InChI is InChI=1S/C11H11F3N2O/c1-16(2)9-3-4-10(11(12,13)14)8(5-9)6-15-7-17/h3-5H,6H2,1-2H3. The number of hydrogen-bond donors (Lipinski definition) is 0. The molecule has 6 heteroatoms. The van der Waals surface area contributed by atoms with Gasteiger partial charge in [0.1, 0.15) is 0 Å². The second kappa shape index (κ2) is 5.01. The van der Waals surface area contributed by atoms with Crippen molar-refractivity contribution in [1.29, 1.82) is 0 Å². The maximum atomic E-state index is 12.7. The Labute approximate surface area is 96.6 Å². The lowest BCUT2D eigenvalue weighted by atomic mass is 10.1. The molecule has 1 aromatic rings. The van der Waals surface area contributed by atoms with Crippen LogP contribution in [0, 0.1) is 0 Å². The van der Waals surface area contributed by atoms with Crippen LogP contribution in [0.15, 0.2) is 23.2 Å². The predicted octanol–water partition coefficient (Wildman–Crippen LogP) is 2.61. The van der Waals surface area contributed by atoms with Gasteiger partial charge in [-0.05, 0) is 23.8 Å². The Bertz CT molecular complexity index is 449. The third-order valence-corrected chi connectivity index (χ3v) is 2.22. The van der Waals surface area contributed by atoms with Crippen molar-refractivity contribution in [1.82, 2.24) is 0 Å². The van der Waals surface area contributed by atoms with Gasteiger partial charge in [-0.2, -0.15) is 13.2 Å². The van der Waals surface area contributed by atoms with Gasteiger partial charge in [0, 0.05) is 19.8 Å². The molecule has 0 saturated carbocycles. The molecule has 0 atom stereocenters. The van der Waals surface area contributed by atoms with E-state index in [1.54, 1.807) is 19.0 Å². The molecule has 0 aliphatic rings. The van der Waals surface area contributed by atoms with Gasteiger partial charge in [-0.1, -0.05) is 0 Å². The highest BCUT2D eigenvalue weighted by Crippen LogP contribution is 2.34. The molecule has 0 amide bonds. The SMILES string of the molecule is CN(C)c1ccc(C(F)(F)F)c(CN=C=O)c1. The molecule has 0 bridgehead atoms. The number of isocyanates is 1. The molecule has 0 radical (unpaired) electrons. The Morgan fingerprint density at radius 2 is 2.00 bits per heavy atom. The first-order valence-corrected chi connectivity index (χ1v) is 4.77. The van der Waals surface area contributed by atoms with E-state index in [9.17, 15) is 18.0 Å². The molecule has 0 fully saturated rings. The maximum Gasteiger partial charge on any atom is 0.416 e. The number of alkyl halides is 3. The van der Waals surface area contributed by atoms with E-state index in [4.69, 9.17) is 0 Å². The van der Waals surface area contributed by atoms with E-state index in [-0.39, 0.29) is 12.1 Å². The van der Waals surface area contributed by atoms with Crippen LogP contribution in [0.5, 0.6) is 0 Å². The molecule has 92 valence electrons. The second-order valence-electron chi connectivity index (χ2n) is 3.64. The zero-order valence-electron chi connectivity index (χ0n) is 9.38. The van der Waals surface area contributed by atoms with Gasteiger partial charge in [0.15, 0.2) is 0 Å². The van der Waals surface area contributed by atoms with E-state index < -0.39 is 11.7 Å². The summed E-state index contributed by atoms with van der Waals surface area (Å²) in [4.78, 5) is 14.8. The van der Waals surface area contributed by atoms with Crippen LogP contribution in [-0.2, 0) is 17.5 Å². The number of nitrogens with zero attached hydrogens (tertiary/aromatic N) is 2. The lowest BCUT2D eigenvalue weighted by molar-refractivity contribution is -0.138. The summed E-state index contributed by atoms with van der Waals surface area (Å²) in [5.41, 5.74) is -0.191. The fourth-order valence-electron chi connectivity index (χ4n) is 1.38. The maximum absolute atomic E-state index is 12.7. The van der Waals surface area contributed by atoms with Crippen molar-refractivity contribution >= 4 is 11.8 Å². The summed E-state index contributed by atoms with van der Waals surface area (Å²) < 4.78 is 38.0. The van der Waals surface area contributed by atoms with Crippen molar-refractivity contribution in [2.45, 2.75) is 12.7 Å². The number of rotatable bonds is 3. The van der Waals surface area contributed by atoms with Crippen LogP contribution in [-0.4, -0.2) is 20.2 Å². The largest absolute Gasteiger partial charge is 0.416 e. The number of benzene rings is 1. The summed E-state index contributed by atoms with van der Waals surface area (Å²) in [6.07, 6.45) is -3.21. The van der Waals surface area contributed by atoms with Crippen molar-refractivity contribution < 1.29 is 18.0 Å². The van der Waals surface area contributed by atoms with Crippen molar-refractivity contribution in [3.05, 3.63) is 29.3 Å². The van der Waals surface area contributed by atoms with Crippen LogP contribution in [0.2, 0.25) is 0 Å². The van der Waals surface area contributed by atoms with Crippen molar-refractivity contribution in [2.75, 3.05) is 19.0 Å². The lowest BCUT2D eigenvalue weighted by Crippen LogP contribution is -2.13. The summed E-state index contributed by atoms with van der Waals surface area (Å²) >= 11 is 0. The summed E-state index contributed by atoms with van der Waals surface area (Å²) in [7, 11) is 3.44. The summed E-state index contributed by atoms with van der Waals surface area (Å²) in [5.74, 6) is 0. The zero-order chi connectivity index (χ0) is 13.1. The molecule has 0 spiro atoms. The predicted molar refractivity (Wildman–Crippen MR) is 57.6 cm³/mol. The van der Waals surface area contributed by atoms with Crippen LogP contribution in [0.4, 0.5) is 18.9 Å². The summed E-state index contributed by atoms with van der Waals surface area (Å²) in [6.45, 7) is -0.319. The van der Waals surface area contributed by atoms with Crippen LogP contribution >= 0.6 is 0 Å². The molecule has 1 rings (SSSR count). The molecule has 0 heterocycles. The minimum Gasteiger partial charge on any atom is -0.378 e. The first-order chi connectivity index (χ1) is 7.86. The number of hydrogen-bond acceptors (Lipinski definition) is 3. The summed E-state index contributed by atoms with van der Waals surface area (Å²) in [6, 6.07) is 3.73. The summed E-state index contributed by atoms with van der Waals surface area (Å²) in [5, 5.41) is 0. The monoisotopic (exact) mass is 244 g/mol. The first-order valence-electron chi connectivity index (χ1n) is 4.77. The molecule has 1 aromatic carbocycles.